The first-order chi connectivity index (χ1) is 11.1. The average Bonchev–Trinajstić information content (AvgIpc) is 2.45. The van der Waals surface area contributed by atoms with E-state index in [-0.39, 0.29) is 5.69 Å². The second kappa shape index (κ2) is 7.07. The van der Waals surface area contributed by atoms with Gasteiger partial charge in [-0.3, -0.25) is 0 Å². The van der Waals surface area contributed by atoms with E-state index in [1.54, 1.807) is 0 Å². The third-order valence-corrected chi connectivity index (χ3v) is 2.62. The Morgan fingerprint density at radius 1 is 1.08 bits per heavy atom. The standard InChI is InChI=1S/C12H7ClF6N4O/c13-9-21-10(23-11(22-9)24-8(16)7(14)15)20-6-3-1-2-5(4-6)12(17,18)19/h1-4,7-8H,(H,20,21,22,23). The van der Waals surface area contributed by atoms with Crippen LogP contribution in [0.2, 0.25) is 5.28 Å². The summed E-state index contributed by atoms with van der Waals surface area (Å²) in [6, 6.07) is 3.15. The van der Waals surface area contributed by atoms with Crippen LogP contribution in [0.15, 0.2) is 24.3 Å². The topological polar surface area (TPSA) is 59.9 Å². The molecule has 1 N–H and O–H groups in total. The smallest absolute Gasteiger partial charge is 0.416 e. The molecule has 1 aromatic heterocycles. The minimum atomic E-state index is -4.57. The van der Waals surface area contributed by atoms with Gasteiger partial charge in [-0.2, -0.15) is 32.5 Å². The van der Waals surface area contributed by atoms with Crippen molar-refractivity contribution in [3.8, 4) is 6.01 Å². The average molecular weight is 373 g/mol. The van der Waals surface area contributed by atoms with Crippen molar-refractivity contribution in [3.63, 3.8) is 0 Å². The van der Waals surface area contributed by atoms with Gasteiger partial charge in [-0.15, -0.1) is 0 Å². The van der Waals surface area contributed by atoms with Crippen LogP contribution < -0.4 is 10.1 Å². The Hall–Kier alpha value is -2.30. The summed E-state index contributed by atoms with van der Waals surface area (Å²) in [5.74, 6) is -0.411. The molecular weight excluding hydrogens is 366 g/mol. The van der Waals surface area contributed by atoms with E-state index in [0.29, 0.717) is 0 Å². The number of nitrogens with one attached hydrogen (secondary N) is 1. The molecule has 0 saturated carbocycles. The summed E-state index contributed by atoms with van der Waals surface area (Å²) < 4.78 is 79.0. The van der Waals surface area contributed by atoms with Crippen molar-refractivity contribution in [2.45, 2.75) is 19.0 Å². The predicted octanol–water partition coefficient (Wildman–Crippen LogP) is 4.23. The molecule has 0 amide bonds. The quantitative estimate of drug-likeness (QED) is 0.796. The molecule has 130 valence electrons. The van der Waals surface area contributed by atoms with Crippen molar-refractivity contribution in [2.75, 3.05) is 5.32 Å². The summed E-state index contributed by atoms with van der Waals surface area (Å²) in [6.45, 7) is 0. The number of alkyl halides is 6. The van der Waals surface area contributed by atoms with Crippen LogP contribution in [-0.2, 0) is 6.18 Å². The fourth-order valence-electron chi connectivity index (χ4n) is 1.50. The van der Waals surface area contributed by atoms with E-state index >= 15 is 0 Å². The number of hydrogen-bond acceptors (Lipinski definition) is 5. The maximum Gasteiger partial charge on any atom is 0.416 e. The first-order valence-corrected chi connectivity index (χ1v) is 6.47. The van der Waals surface area contributed by atoms with E-state index in [1.165, 1.54) is 6.07 Å². The van der Waals surface area contributed by atoms with Crippen LogP contribution in [-0.4, -0.2) is 27.7 Å². The van der Waals surface area contributed by atoms with Gasteiger partial charge in [-0.05, 0) is 29.8 Å². The van der Waals surface area contributed by atoms with Gasteiger partial charge in [0.2, 0.25) is 11.2 Å². The fraction of sp³-hybridized carbons (Fsp3) is 0.250. The molecule has 0 radical (unpaired) electrons. The Balaban J connectivity index is 2.22. The molecule has 12 heteroatoms. The second-order valence-corrected chi connectivity index (χ2v) is 4.56. The van der Waals surface area contributed by atoms with Crippen LogP contribution in [0, 0.1) is 0 Å². The van der Waals surface area contributed by atoms with Crippen LogP contribution in [0.25, 0.3) is 0 Å². The summed E-state index contributed by atoms with van der Waals surface area (Å²) in [5.41, 5.74) is -1.01. The molecule has 1 heterocycles. The van der Waals surface area contributed by atoms with E-state index in [9.17, 15) is 26.3 Å². The number of nitrogens with zero attached hydrogens (tertiary/aromatic N) is 3. The maximum atomic E-state index is 12.8. The summed E-state index contributed by atoms with van der Waals surface area (Å²) in [5, 5.41) is 1.83. The molecule has 0 bridgehead atoms. The molecule has 0 aliphatic carbocycles. The Bertz CT molecular complexity index is 714. The maximum absolute atomic E-state index is 12.8. The van der Waals surface area contributed by atoms with Crippen LogP contribution in [0.1, 0.15) is 5.56 Å². The Labute approximate surface area is 135 Å². The van der Waals surface area contributed by atoms with E-state index in [4.69, 9.17) is 11.6 Å². The lowest BCUT2D eigenvalue weighted by Gasteiger charge is -2.11. The highest BCUT2D eigenvalue weighted by Gasteiger charge is 2.30. The van der Waals surface area contributed by atoms with Gasteiger partial charge >= 0.3 is 25.0 Å². The molecule has 0 aliphatic rings. The van der Waals surface area contributed by atoms with E-state index in [0.717, 1.165) is 18.2 Å². The lowest BCUT2D eigenvalue weighted by molar-refractivity contribution is -0.137. The lowest BCUT2D eigenvalue weighted by Crippen LogP contribution is -2.21. The summed E-state index contributed by atoms with van der Waals surface area (Å²) in [7, 11) is 0. The van der Waals surface area contributed by atoms with Gasteiger partial charge in [0, 0.05) is 5.69 Å². The third kappa shape index (κ3) is 4.85. The van der Waals surface area contributed by atoms with Gasteiger partial charge in [0.25, 0.3) is 0 Å². The molecule has 5 nitrogen and oxygen atoms in total. The molecule has 2 rings (SSSR count). The predicted molar refractivity (Wildman–Crippen MR) is 71.1 cm³/mol. The fourth-order valence-corrected chi connectivity index (χ4v) is 1.65. The molecule has 0 fully saturated rings. The highest BCUT2D eigenvalue weighted by atomic mass is 35.5. The molecule has 24 heavy (non-hydrogen) atoms. The van der Waals surface area contributed by atoms with Gasteiger partial charge < -0.3 is 10.1 Å². The molecule has 0 spiro atoms. The number of anilines is 2. The molecule has 0 aliphatic heterocycles. The SMILES string of the molecule is FC(F)C(F)Oc1nc(Cl)nc(Nc2cccc(C(F)(F)F)c2)n1. The van der Waals surface area contributed by atoms with Crippen molar-refractivity contribution in [1.29, 1.82) is 0 Å². The third-order valence-electron chi connectivity index (χ3n) is 2.45. The summed E-state index contributed by atoms with van der Waals surface area (Å²) in [4.78, 5) is 10.3. The largest absolute Gasteiger partial charge is 0.422 e. The number of aromatic nitrogens is 3. The Morgan fingerprint density at radius 3 is 2.42 bits per heavy atom. The van der Waals surface area contributed by atoms with Gasteiger partial charge in [-0.25, -0.2) is 8.78 Å². The van der Waals surface area contributed by atoms with Crippen LogP contribution in [0.3, 0.4) is 0 Å². The van der Waals surface area contributed by atoms with Crippen LogP contribution >= 0.6 is 11.6 Å². The van der Waals surface area contributed by atoms with Crippen LogP contribution in [0.5, 0.6) is 6.01 Å². The number of rotatable bonds is 5. The van der Waals surface area contributed by atoms with Gasteiger partial charge in [-0.1, -0.05) is 6.07 Å². The zero-order chi connectivity index (χ0) is 17.9. The second-order valence-electron chi connectivity index (χ2n) is 4.22. The molecule has 1 unspecified atom stereocenters. The van der Waals surface area contributed by atoms with Gasteiger partial charge in [0.1, 0.15) is 0 Å². The minimum Gasteiger partial charge on any atom is -0.422 e. The van der Waals surface area contributed by atoms with E-state index < -0.39 is 41.8 Å². The number of benzene rings is 1. The summed E-state index contributed by atoms with van der Waals surface area (Å²) >= 11 is 5.51. The van der Waals surface area contributed by atoms with E-state index in [2.05, 4.69) is 25.0 Å². The van der Waals surface area contributed by atoms with Crippen molar-refractivity contribution in [1.82, 2.24) is 15.0 Å². The molecule has 1 aromatic carbocycles. The van der Waals surface area contributed by atoms with Gasteiger partial charge in [0.05, 0.1) is 5.56 Å². The Kier molecular flexibility index (Phi) is 5.32. The van der Waals surface area contributed by atoms with Crippen molar-refractivity contribution in [3.05, 3.63) is 35.1 Å². The number of ether oxygens (including phenoxy) is 1. The normalized spacial score (nSPS) is 13.0. The molecule has 0 saturated heterocycles. The number of hydrogen-bond donors (Lipinski definition) is 1. The molecule has 2 aromatic rings. The molecule has 1 atom stereocenters. The monoisotopic (exact) mass is 372 g/mol. The first-order valence-electron chi connectivity index (χ1n) is 6.10. The van der Waals surface area contributed by atoms with Crippen molar-refractivity contribution >= 4 is 23.2 Å². The van der Waals surface area contributed by atoms with Crippen molar-refractivity contribution in [2.24, 2.45) is 0 Å². The highest BCUT2D eigenvalue weighted by molar-refractivity contribution is 6.28. The summed E-state index contributed by atoms with van der Waals surface area (Å²) in [6.07, 6.45) is -11.0. The minimum absolute atomic E-state index is 0.0660. The van der Waals surface area contributed by atoms with Crippen LogP contribution in [0.4, 0.5) is 38.0 Å². The van der Waals surface area contributed by atoms with E-state index in [1.807, 2.05) is 0 Å². The highest BCUT2D eigenvalue weighted by Crippen LogP contribution is 2.31. The van der Waals surface area contributed by atoms with Crippen molar-refractivity contribution < 1.29 is 31.1 Å². The zero-order valence-electron chi connectivity index (χ0n) is 11.4. The Morgan fingerprint density at radius 2 is 1.79 bits per heavy atom. The molecular formula is C12H7ClF6N4O. The lowest BCUT2D eigenvalue weighted by atomic mass is 10.2. The first kappa shape index (κ1) is 18.0. The zero-order valence-corrected chi connectivity index (χ0v) is 12.1. The van der Waals surface area contributed by atoms with Gasteiger partial charge in [0.15, 0.2) is 0 Å². The number of halogens is 7.